The predicted octanol–water partition coefficient (Wildman–Crippen LogP) is 4.74. The number of carbonyl (C=O) groups is 2. The zero-order valence-electron chi connectivity index (χ0n) is 13.1. The number of benzene rings is 1. The lowest BCUT2D eigenvalue weighted by Crippen LogP contribution is -1.94. The van der Waals surface area contributed by atoms with Crippen LogP contribution in [0.25, 0.3) is 0 Å². The molecule has 1 aromatic rings. The van der Waals surface area contributed by atoms with E-state index in [-0.39, 0.29) is 5.56 Å². The van der Waals surface area contributed by atoms with Gasteiger partial charge < -0.3 is 10.2 Å². The van der Waals surface area contributed by atoms with Crippen molar-refractivity contribution in [3.63, 3.8) is 0 Å². The number of unbranched alkanes of at least 4 members (excludes halogenated alkanes) is 6. The van der Waals surface area contributed by atoms with Crippen molar-refractivity contribution in [3.8, 4) is 0 Å². The highest BCUT2D eigenvalue weighted by atomic mass is 19.1. The summed E-state index contributed by atoms with van der Waals surface area (Å²) in [5, 5.41) is 16.7. The van der Waals surface area contributed by atoms with Gasteiger partial charge in [0.15, 0.2) is 0 Å². The molecule has 0 unspecified atom stereocenters. The molecule has 0 heterocycles. The molecule has 0 bridgehead atoms. The number of aromatic carboxylic acids is 1. The van der Waals surface area contributed by atoms with E-state index in [9.17, 15) is 14.0 Å². The molecule has 0 aromatic heterocycles. The molecule has 124 valence electrons. The fourth-order valence-electron chi connectivity index (χ4n) is 1.83. The van der Waals surface area contributed by atoms with Crippen molar-refractivity contribution < 1.29 is 24.2 Å². The summed E-state index contributed by atoms with van der Waals surface area (Å²) in [6, 6.07) is 4.67. The van der Waals surface area contributed by atoms with E-state index in [1.165, 1.54) is 44.2 Å². The van der Waals surface area contributed by atoms with Crippen LogP contribution < -0.4 is 0 Å². The van der Waals surface area contributed by atoms with Crippen LogP contribution in [-0.4, -0.2) is 22.2 Å². The second kappa shape index (κ2) is 12.8. The maximum atomic E-state index is 12.2. The third-order valence-corrected chi connectivity index (χ3v) is 3.09. The maximum absolute atomic E-state index is 12.2. The van der Waals surface area contributed by atoms with Gasteiger partial charge in [-0.3, -0.25) is 4.79 Å². The number of halogens is 1. The fraction of sp³-hybridized carbons (Fsp3) is 0.529. The van der Waals surface area contributed by atoms with E-state index in [2.05, 4.69) is 6.92 Å². The lowest BCUT2D eigenvalue weighted by molar-refractivity contribution is -0.137. The molecule has 0 fully saturated rings. The van der Waals surface area contributed by atoms with E-state index in [4.69, 9.17) is 10.2 Å². The number of aliphatic carboxylic acids is 1. The van der Waals surface area contributed by atoms with Crippen molar-refractivity contribution in [2.75, 3.05) is 0 Å². The molecule has 0 spiro atoms. The zero-order chi connectivity index (χ0) is 16.8. The molecule has 2 N–H and O–H groups in total. The molecule has 0 saturated heterocycles. The van der Waals surface area contributed by atoms with E-state index in [1.54, 1.807) is 0 Å². The minimum absolute atomic E-state index is 0.0985. The van der Waals surface area contributed by atoms with Gasteiger partial charge in [-0.05, 0) is 30.7 Å². The van der Waals surface area contributed by atoms with E-state index in [0.717, 1.165) is 25.0 Å². The van der Waals surface area contributed by atoms with Gasteiger partial charge in [0, 0.05) is 6.42 Å². The summed E-state index contributed by atoms with van der Waals surface area (Å²) in [7, 11) is 0. The highest BCUT2D eigenvalue weighted by molar-refractivity contribution is 5.87. The van der Waals surface area contributed by atoms with Crippen LogP contribution in [0, 0.1) is 5.82 Å². The van der Waals surface area contributed by atoms with Gasteiger partial charge in [-0.25, -0.2) is 9.18 Å². The average molecular weight is 312 g/mol. The van der Waals surface area contributed by atoms with Gasteiger partial charge in [0.1, 0.15) is 5.82 Å². The summed E-state index contributed by atoms with van der Waals surface area (Å²) in [5.74, 6) is -2.13. The van der Waals surface area contributed by atoms with Crippen LogP contribution >= 0.6 is 0 Å². The Hall–Kier alpha value is -1.91. The van der Waals surface area contributed by atoms with Crippen LogP contribution in [0.5, 0.6) is 0 Å². The summed E-state index contributed by atoms with van der Waals surface area (Å²) in [6.07, 6.45) is 8.64. The first-order valence-electron chi connectivity index (χ1n) is 7.68. The average Bonchev–Trinajstić information content (AvgIpc) is 2.47. The van der Waals surface area contributed by atoms with Gasteiger partial charge in [-0.1, -0.05) is 45.4 Å². The van der Waals surface area contributed by atoms with Crippen LogP contribution in [0.15, 0.2) is 24.3 Å². The first kappa shape index (κ1) is 20.1. The molecule has 0 radical (unpaired) electrons. The summed E-state index contributed by atoms with van der Waals surface area (Å²) in [6.45, 7) is 2.20. The molecule has 0 aliphatic heterocycles. The Bertz CT molecular complexity index is 429. The summed E-state index contributed by atoms with van der Waals surface area (Å²) >= 11 is 0. The molecular formula is C17H25FO4. The van der Waals surface area contributed by atoms with Gasteiger partial charge in [0.2, 0.25) is 0 Å². The standard InChI is InChI=1S/C10H20O2.C7H5FO2/c1-2-3-4-5-6-7-8-9-10(11)12;8-6-3-1-5(2-4-6)7(9)10/h2-9H2,1H3,(H,11,12);1-4H,(H,9,10). The van der Waals surface area contributed by atoms with E-state index in [0.29, 0.717) is 6.42 Å². The Labute approximate surface area is 131 Å². The third kappa shape index (κ3) is 11.9. The minimum atomic E-state index is -1.04. The van der Waals surface area contributed by atoms with Crippen LogP contribution in [0.1, 0.15) is 68.6 Å². The van der Waals surface area contributed by atoms with Gasteiger partial charge in [-0.2, -0.15) is 0 Å². The Morgan fingerprint density at radius 2 is 1.41 bits per heavy atom. The first-order chi connectivity index (χ1) is 10.5. The van der Waals surface area contributed by atoms with Crippen molar-refractivity contribution in [1.29, 1.82) is 0 Å². The zero-order valence-corrected chi connectivity index (χ0v) is 13.1. The highest BCUT2D eigenvalue weighted by Gasteiger charge is 1.99. The molecule has 5 heteroatoms. The second-order valence-corrected chi connectivity index (χ2v) is 5.08. The fourth-order valence-corrected chi connectivity index (χ4v) is 1.83. The lowest BCUT2D eigenvalue weighted by Gasteiger charge is -1.98. The number of hydrogen-bond acceptors (Lipinski definition) is 2. The van der Waals surface area contributed by atoms with Gasteiger partial charge in [-0.15, -0.1) is 0 Å². The quantitative estimate of drug-likeness (QED) is 0.646. The normalized spacial score (nSPS) is 9.73. The van der Waals surface area contributed by atoms with Crippen LogP contribution in [0.3, 0.4) is 0 Å². The molecule has 0 atom stereocenters. The van der Waals surface area contributed by atoms with Gasteiger partial charge in [0.25, 0.3) is 0 Å². The lowest BCUT2D eigenvalue weighted by atomic mass is 10.1. The van der Waals surface area contributed by atoms with E-state index >= 15 is 0 Å². The minimum Gasteiger partial charge on any atom is -0.481 e. The van der Waals surface area contributed by atoms with E-state index < -0.39 is 17.8 Å². The first-order valence-corrected chi connectivity index (χ1v) is 7.68. The molecule has 0 saturated carbocycles. The third-order valence-electron chi connectivity index (χ3n) is 3.09. The molecular weight excluding hydrogens is 287 g/mol. The van der Waals surface area contributed by atoms with Crippen molar-refractivity contribution in [3.05, 3.63) is 35.6 Å². The summed E-state index contributed by atoms with van der Waals surface area (Å²) in [5.41, 5.74) is 0.0985. The molecule has 22 heavy (non-hydrogen) atoms. The smallest absolute Gasteiger partial charge is 0.335 e. The van der Waals surface area contributed by atoms with Crippen molar-refractivity contribution >= 4 is 11.9 Å². The van der Waals surface area contributed by atoms with Crippen LogP contribution in [-0.2, 0) is 4.79 Å². The van der Waals surface area contributed by atoms with Crippen molar-refractivity contribution in [1.82, 2.24) is 0 Å². The maximum Gasteiger partial charge on any atom is 0.335 e. The van der Waals surface area contributed by atoms with Crippen LogP contribution in [0.2, 0.25) is 0 Å². The van der Waals surface area contributed by atoms with Crippen molar-refractivity contribution in [2.45, 2.75) is 58.3 Å². The van der Waals surface area contributed by atoms with Crippen LogP contribution in [0.4, 0.5) is 4.39 Å². The number of carboxylic acids is 2. The number of carboxylic acid groups (broad SMARTS) is 2. The Morgan fingerprint density at radius 3 is 1.86 bits per heavy atom. The predicted molar refractivity (Wildman–Crippen MR) is 83.6 cm³/mol. The second-order valence-electron chi connectivity index (χ2n) is 5.08. The molecule has 1 aromatic carbocycles. The van der Waals surface area contributed by atoms with Gasteiger partial charge >= 0.3 is 11.9 Å². The summed E-state index contributed by atoms with van der Waals surface area (Å²) < 4.78 is 12.2. The highest BCUT2D eigenvalue weighted by Crippen LogP contribution is 2.08. The Morgan fingerprint density at radius 1 is 0.909 bits per heavy atom. The Balaban J connectivity index is 0.000000406. The largest absolute Gasteiger partial charge is 0.481 e. The molecule has 1 rings (SSSR count). The summed E-state index contributed by atoms with van der Waals surface area (Å²) in [4.78, 5) is 20.3. The monoisotopic (exact) mass is 312 g/mol. The molecule has 4 nitrogen and oxygen atoms in total. The molecule has 0 amide bonds. The topological polar surface area (TPSA) is 74.6 Å². The van der Waals surface area contributed by atoms with E-state index in [1.807, 2.05) is 0 Å². The van der Waals surface area contributed by atoms with Crippen molar-refractivity contribution in [2.24, 2.45) is 0 Å². The number of hydrogen-bond donors (Lipinski definition) is 2. The number of rotatable bonds is 9. The molecule has 0 aliphatic rings. The SMILES string of the molecule is CCCCCCCCCC(=O)O.O=C(O)c1ccc(F)cc1. The Kier molecular flexibility index (Phi) is 11.7. The molecule has 0 aliphatic carbocycles. The van der Waals surface area contributed by atoms with Gasteiger partial charge in [0.05, 0.1) is 5.56 Å².